The number of nitrogens with zero attached hydrogens (tertiary/aromatic N) is 2. The maximum atomic E-state index is 12.7. The lowest BCUT2D eigenvalue weighted by molar-refractivity contribution is 0.0718. The topological polar surface area (TPSA) is 69.7 Å². The Bertz CT molecular complexity index is 673. The van der Waals surface area contributed by atoms with Gasteiger partial charge in [-0.2, -0.15) is 4.31 Å². The average molecular weight is 374 g/mol. The Labute approximate surface area is 148 Å². The minimum Gasteiger partial charge on any atom is -0.335 e. The van der Waals surface area contributed by atoms with Crippen LogP contribution in [0, 0.1) is 0 Å². The number of sulfonamides is 1. The first-order valence-electron chi connectivity index (χ1n) is 8.06. The number of carbonyl (C=O) groups is 1. The third kappa shape index (κ3) is 4.92. The van der Waals surface area contributed by atoms with Crippen LogP contribution in [0.25, 0.3) is 0 Å². The van der Waals surface area contributed by atoms with Crippen molar-refractivity contribution in [3.8, 4) is 0 Å². The van der Waals surface area contributed by atoms with Gasteiger partial charge in [0.25, 0.3) is 5.91 Å². The third-order valence-corrected chi connectivity index (χ3v) is 6.10. The molecule has 1 fully saturated rings. The van der Waals surface area contributed by atoms with Gasteiger partial charge in [-0.3, -0.25) is 4.79 Å². The molecule has 0 unspecified atom stereocenters. The molecule has 0 atom stereocenters. The van der Waals surface area contributed by atoms with Crippen LogP contribution in [0.2, 0.25) is 5.02 Å². The summed E-state index contributed by atoms with van der Waals surface area (Å²) in [4.78, 5) is 14.3. The summed E-state index contributed by atoms with van der Waals surface area (Å²) in [6.07, 6.45) is 0. The zero-order chi connectivity index (χ0) is 17.7. The second-order valence-corrected chi connectivity index (χ2v) is 8.59. The highest BCUT2D eigenvalue weighted by Crippen LogP contribution is 2.15. The van der Waals surface area contributed by atoms with E-state index < -0.39 is 10.0 Å². The van der Waals surface area contributed by atoms with Crippen molar-refractivity contribution in [1.29, 1.82) is 0 Å². The maximum absolute atomic E-state index is 12.7. The van der Waals surface area contributed by atoms with Crippen LogP contribution in [-0.4, -0.2) is 68.0 Å². The van der Waals surface area contributed by atoms with Gasteiger partial charge >= 0.3 is 0 Å². The van der Waals surface area contributed by atoms with Gasteiger partial charge in [0, 0.05) is 49.4 Å². The summed E-state index contributed by atoms with van der Waals surface area (Å²) < 4.78 is 26.4. The van der Waals surface area contributed by atoms with Crippen molar-refractivity contribution in [2.45, 2.75) is 19.9 Å². The summed E-state index contributed by atoms with van der Waals surface area (Å²) in [5, 5.41) is 3.62. The fourth-order valence-electron chi connectivity index (χ4n) is 2.65. The van der Waals surface area contributed by atoms with E-state index in [-0.39, 0.29) is 24.2 Å². The SMILES string of the molecule is CC(C)N(CCS(=O)(=O)N1CCNCC1)C(=O)c1cccc(Cl)c1. The van der Waals surface area contributed by atoms with Crippen molar-refractivity contribution in [2.24, 2.45) is 0 Å². The Balaban J connectivity index is 2.07. The number of halogens is 1. The molecule has 0 bridgehead atoms. The zero-order valence-electron chi connectivity index (χ0n) is 14.0. The molecule has 1 N–H and O–H groups in total. The van der Waals surface area contributed by atoms with Crippen molar-refractivity contribution >= 4 is 27.5 Å². The highest BCUT2D eigenvalue weighted by Gasteiger charge is 2.26. The molecule has 6 nitrogen and oxygen atoms in total. The molecule has 2 rings (SSSR count). The molecule has 24 heavy (non-hydrogen) atoms. The first-order valence-corrected chi connectivity index (χ1v) is 10.0. The number of rotatable bonds is 6. The molecular weight excluding hydrogens is 350 g/mol. The molecular formula is C16H24ClN3O3S. The summed E-state index contributed by atoms with van der Waals surface area (Å²) in [5.74, 6) is -0.277. The highest BCUT2D eigenvalue weighted by atomic mass is 35.5. The standard InChI is InChI=1S/C16H24ClN3O3S/c1-13(2)20(16(21)14-4-3-5-15(17)12-14)10-11-24(22,23)19-8-6-18-7-9-19/h3-5,12-13,18H,6-11H2,1-2H3. The number of amides is 1. The number of nitrogens with one attached hydrogen (secondary N) is 1. The predicted molar refractivity (Wildman–Crippen MR) is 95.9 cm³/mol. The lowest BCUT2D eigenvalue weighted by atomic mass is 10.1. The number of piperazine rings is 1. The van der Waals surface area contributed by atoms with Gasteiger partial charge in [0.1, 0.15) is 0 Å². The maximum Gasteiger partial charge on any atom is 0.254 e. The zero-order valence-corrected chi connectivity index (χ0v) is 15.6. The lowest BCUT2D eigenvalue weighted by Gasteiger charge is -2.30. The van der Waals surface area contributed by atoms with Crippen LogP contribution in [0.4, 0.5) is 0 Å². The Morgan fingerprint density at radius 3 is 2.58 bits per heavy atom. The molecule has 0 spiro atoms. The minimum atomic E-state index is -3.36. The van der Waals surface area contributed by atoms with E-state index in [0.717, 1.165) is 0 Å². The molecule has 1 aromatic carbocycles. The van der Waals surface area contributed by atoms with E-state index in [1.54, 1.807) is 29.2 Å². The first-order chi connectivity index (χ1) is 11.3. The number of benzene rings is 1. The van der Waals surface area contributed by atoms with Gasteiger partial charge in [-0.1, -0.05) is 17.7 Å². The van der Waals surface area contributed by atoms with Crippen LogP contribution < -0.4 is 5.32 Å². The number of carbonyl (C=O) groups excluding carboxylic acids is 1. The fourth-order valence-corrected chi connectivity index (χ4v) is 4.26. The fraction of sp³-hybridized carbons (Fsp3) is 0.562. The van der Waals surface area contributed by atoms with Crippen molar-refractivity contribution in [3.63, 3.8) is 0 Å². The largest absolute Gasteiger partial charge is 0.335 e. The second-order valence-electron chi connectivity index (χ2n) is 6.07. The smallest absolute Gasteiger partial charge is 0.254 e. The Morgan fingerprint density at radius 2 is 2.00 bits per heavy atom. The van der Waals surface area contributed by atoms with E-state index >= 15 is 0 Å². The molecule has 0 saturated carbocycles. The molecule has 0 aromatic heterocycles. The van der Waals surface area contributed by atoms with E-state index in [4.69, 9.17) is 11.6 Å². The summed E-state index contributed by atoms with van der Waals surface area (Å²) in [5.41, 5.74) is 0.468. The molecule has 1 aromatic rings. The Kier molecular flexibility index (Phi) is 6.62. The second kappa shape index (κ2) is 8.29. The third-order valence-electron chi connectivity index (χ3n) is 4.02. The molecule has 134 valence electrons. The van der Waals surface area contributed by atoms with Crippen molar-refractivity contribution < 1.29 is 13.2 Å². The summed E-state index contributed by atoms with van der Waals surface area (Å²) >= 11 is 5.95. The molecule has 1 amide bonds. The van der Waals surface area contributed by atoms with E-state index in [0.29, 0.717) is 36.8 Å². The molecule has 1 aliphatic rings. The van der Waals surface area contributed by atoms with Gasteiger partial charge in [0.15, 0.2) is 0 Å². The molecule has 0 aliphatic carbocycles. The molecule has 8 heteroatoms. The monoisotopic (exact) mass is 373 g/mol. The van der Waals surface area contributed by atoms with Crippen LogP contribution in [0.1, 0.15) is 24.2 Å². The van der Waals surface area contributed by atoms with Crippen LogP contribution in [0.5, 0.6) is 0 Å². The van der Waals surface area contributed by atoms with E-state index in [1.165, 1.54) is 4.31 Å². The van der Waals surface area contributed by atoms with Gasteiger partial charge in [-0.05, 0) is 32.0 Å². The number of hydrogen-bond donors (Lipinski definition) is 1. The van der Waals surface area contributed by atoms with E-state index in [9.17, 15) is 13.2 Å². The van der Waals surface area contributed by atoms with Crippen LogP contribution in [0.15, 0.2) is 24.3 Å². The Morgan fingerprint density at radius 1 is 1.33 bits per heavy atom. The van der Waals surface area contributed by atoms with Gasteiger partial charge in [-0.25, -0.2) is 8.42 Å². The van der Waals surface area contributed by atoms with Crippen LogP contribution >= 0.6 is 11.6 Å². The van der Waals surface area contributed by atoms with Crippen molar-refractivity contribution in [1.82, 2.24) is 14.5 Å². The Hall–Kier alpha value is -1.15. The van der Waals surface area contributed by atoms with Gasteiger partial charge < -0.3 is 10.2 Å². The summed E-state index contributed by atoms with van der Waals surface area (Å²) in [6.45, 7) is 6.19. The number of hydrogen-bond acceptors (Lipinski definition) is 4. The average Bonchev–Trinajstić information content (AvgIpc) is 2.55. The highest BCUT2D eigenvalue weighted by molar-refractivity contribution is 7.89. The van der Waals surface area contributed by atoms with E-state index in [2.05, 4.69) is 5.32 Å². The summed E-state index contributed by atoms with van der Waals surface area (Å²) in [7, 11) is -3.36. The predicted octanol–water partition coefficient (Wildman–Crippen LogP) is 1.43. The van der Waals surface area contributed by atoms with Crippen LogP contribution in [0.3, 0.4) is 0 Å². The molecule has 1 saturated heterocycles. The molecule has 0 radical (unpaired) electrons. The van der Waals surface area contributed by atoms with E-state index in [1.807, 2.05) is 13.8 Å². The summed E-state index contributed by atoms with van der Waals surface area (Å²) in [6, 6.07) is 6.60. The normalized spacial score (nSPS) is 16.3. The van der Waals surface area contributed by atoms with Gasteiger partial charge in [-0.15, -0.1) is 0 Å². The van der Waals surface area contributed by atoms with Crippen molar-refractivity contribution in [3.05, 3.63) is 34.9 Å². The minimum absolute atomic E-state index is 0.0719. The van der Waals surface area contributed by atoms with Gasteiger partial charge in [0.05, 0.1) is 5.75 Å². The first kappa shape index (κ1) is 19.2. The van der Waals surface area contributed by atoms with Gasteiger partial charge in [0.2, 0.25) is 10.0 Å². The van der Waals surface area contributed by atoms with Crippen LogP contribution in [-0.2, 0) is 10.0 Å². The quantitative estimate of drug-likeness (QED) is 0.818. The molecule has 1 aliphatic heterocycles. The lowest BCUT2D eigenvalue weighted by Crippen LogP contribution is -2.49. The molecule has 1 heterocycles. The van der Waals surface area contributed by atoms with Crippen molar-refractivity contribution in [2.75, 3.05) is 38.5 Å².